The van der Waals surface area contributed by atoms with Gasteiger partial charge in [0, 0.05) is 13.0 Å². The SMILES string of the molecule is CCOc1cc(C)c(CNC(=O)C2CCC(=O)N2)cc1Cl. The minimum atomic E-state index is -0.420. The predicted molar refractivity (Wildman–Crippen MR) is 80.4 cm³/mol. The summed E-state index contributed by atoms with van der Waals surface area (Å²) >= 11 is 6.15. The summed E-state index contributed by atoms with van der Waals surface area (Å²) in [5.74, 6) is 0.412. The summed E-state index contributed by atoms with van der Waals surface area (Å²) in [5.41, 5.74) is 1.93. The van der Waals surface area contributed by atoms with Gasteiger partial charge in [-0.25, -0.2) is 0 Å². The van der Waals surface area contributed by atoms with Crippen LogP contribution in [0.15, 0.2) is 12.1 Å². The van der Waals surface area contributed by atoms with E-state index < -0.39 is 6.04 Å². The van der Waals surface area contributed by atoms with Gasteiger partial charge in [0.15, 0.2) is 0 Å². The molecule has 0 radical (unpaired) electrons. The summed E-state index contributed by atoms with van der Waals surface area (Å²) < 4.78 is 5.42. The van der Waals surface area contributed by atoms with Crippen molar-refractivity contribution in [3.8, 4) is 5.75 Å². The van der Waals surface area contributed by atoms with Crippen molar-refractivity contribution in [1.29, 1.82) is 0 Å². The van der Waals surface area contributed by atoms with Crippen LogP contribution in [-0.4, -0.2) is 24.5 Å². The van der Waals surface area contributed by atoms with E-state index in [2.05, 4.69) is 10.6 Å². The topological polar surface area (TPSA) is 67.4 Å². The van der Waals surface area contributed by atoms with E-state index in [1.165, 1.54) is 0 Å². The van der Waals surface area contributed by atoms with Gasteiger partial charge in [-0.2, -0.15) is 0 Å². The van der Waals surface area contributed by atoms with Crippen molar-refractivity contribution in [2.45, 2.75) is 39.3 Å². The molecule has 1 aliphatic heterocycles. The van der Waals surface area contributed by atoms with E-state index in [1.54, 1.807) is 6.07 Å². The average molecular weight is 311 g/mol. The highest BCUT2D eigenvalue weighted by Gasteiger charge is 2.26. The number of ether oxygens (including phenoxy) is 1. The molecular formula is C15H19ClN2O3. The molecule has 1 fully saturated rings. The normalized spacial score (nSPS) is 17.5. The Balaban J connectivity index is 1.98. The first-order chi connectivity index (χ1) is 10.0. The highest BCUT2D eigenvalue weighted by atomic mass is 35.5. The van der Waals surface area contributed by atoms with Gasteiger partial charge in [0.2, 0.25) is 11.8 Å². The van der Waals surface area contributed by atoms with Gasteiger partial charge in [0.1, 0.15) is 11.8 Å². The number of aryl methyl sites for hydroxylation is 1. The maximum absolute atomic E-state index is 11.9. The first-order valence-corrected chi connectivity index (χ1v) is 7.38. The number of benzene rings is 1. The third-order valence-corrected chi connectivity index (χ3v) is 3.75. The van der Waals surface area contributed by atoms with Gasteiger partial charge in [0.05, 0.1) is 11.6 Å². The minimum Gasteiger partial charge on any atom is -0.492 e. The van der Waals surface area contributed by atoms with Gasteiger partial charge >= 0.3 is 0 Å². The summed E-state index contributed by atoms with van der Waals surface area (Å²) in [6, 6.07) is 3.25. The fourth-order valence-electron chi connectivity index (χ4n) is 2.27. The molecule has 0 bridgehead atoms. The number of carbonyl (C=O) groups excluding carboxylic acids is 2. The molecule has 6 heteroatoms. The number of hydrogen-bond donors (Lipinski definition) is 2. The molecule has 2 amide bonds. The van der Waals surface area contributed by atoms with E-state index in [0.29, 0.717) is 36.8 Å². The number of rotatable bonds is 5. The summed E-state index contributed by atoms with van der Waals surface area (Å²) in [4.78, 5) is 23.1. The first-order valence-electron chi connectivity index (χ1n) is 7.00. The predicted octanol–water partition coefficient (Wildman–Crippen LogP) is 1.94. The molecule has 0 saturated carbocycles. The van der Waals surface area contributed by atoms with E-state index in [1.807, 2.05) is 19.9 Å². The van der Waals surface area contributed by atoms with E-state index in [-0.39, 0.29) is 11.8 Å². The number of nitrogens with one attached hydrogen (secondary N) is 2. The van der Waals surface area contributed by atoms with Gasteiger partial charge in [-0.3, -0.25) is 9.59 Å². The Morgan fingerprint density at radius 1 is 1.52 bits per heavy atom. The summed E-state index contributed by atoms with van der Waals surface area (Å²) in [6.45, 7) is 4.77. The maximum atomic E-state index is 11.9. The molecule has 21 heavy (non-hydrogen) atoms. The first kappa shape index (κ1) is 15.6. The van der Waals surface area contributed by atoms with Crippen molar-refractivity contribution >= 4 is 23.4 Å². The van der Waals surface area contributed by atoms with Crippen LogP contribution >= 0.6 is 11.6 Å². The van der Waals surface area contributed by atoms with Crippen molar-refractivity contribution in [3.63, 3.8) is 0 Å². The van der Waals surface area contributed by atoms with Crippen molar-refractivity contribution in [2.24, 2.45) is 0 Å². The second-order valence-electron chi connectivity index (χ2n) is 5.02. The van der Waals surface area contributed by atoms with Crippen LogP contribution in [0.25, 0.3) is 0 Å². The quantitative estimate of drug-likeness (QED) is 0.873. The van der Waals surface area contributed by atoms with E-state index >= 15 is 0 Å². The minimum absolute atomic E-state index is 0.0737. The van der Waals surface area contributed by atoms with Crippen molar-refractivity contribution in [2.75, 3.05) is 6.61 Å². The van der Waals surface area contributed by atoms with Crippen molar-refractivity contribution in [1.82, 2.24) is 10.6 Å². The van der Waals surface area contributed by atoms with Gasteiger partial charge in [-0.05, 0) is 43.5 Å². The molecule has 1 unspecified atom stereocenters. The highest BCUT2D eigenvalue weighted by molar-refractivity contribution is 6.32. The van der Waals surface area contributed by atoms with Gasteiger partial charge in [0.25, 0.3) is 0 Å². The second kappa shape index (κ2) is 6.80. The average Bonchev–Trinajstić information content (AvgIpc) is 2.87. The third kappa shape index (κ3) is 3.88. The molecule has 1 aliphatic rings. The molecule has 1 heterocycles. The molecule has 2 rings (SSSR count). The lowest BCUT2D eigenvalue weighted by Gasteiger charge is -2.14. The van der Waals surface area contributed by atoms with Crippen LogP contribution in [0.4, 0.5) is 0 Å². The van der Waals surface area contributed by atoms with E-state index in [4.69, 9.17) is 16.3 Å². The number of amides is 2. The van der Waals surface area contributed by atoms with Crippen LogP contribution < -0.4 is 15.4 Å². The van der Waals surface area contributed by atoms with E-state index in [0.717, 1.165) is 11.1 Å². The molecule has 0 aromatic heterocycles. The Hall–Kier alpha value is -1.75. The monoisotopic (exact) mass is 310 g/mol. The van der Waals surface area contributed by atoms with Gasteiger partial charge in [-0.15, -0.1) is 0 Å². The van der Waals surface area contributed by atoms with Gasteiger partial charge in [-0.1, -0.05) is 11.6 Å². The molecule has 0 spiro atoms. The van der Waals surface area contributed by atoms with Crippen molar-refractivity contribution in [3.05, 3.63) is 28.3 Å². The molecule has 2 N–H and O–H groups in total. The standard InChI is InChI=1S/C15H19ClN2O3/c1-3-21-13-6-9(2)10(7-11(13)16)8-17-15(20)12-4-5-14(19)18-12/h6-7,12H,3-5,8H2,1-2H3,(H,17,20)(H,18,19). The molecule has 5 nitrogen and oxygen atoms in total. The van der Waals surface area contributed by atoms with Crippen LogP contribution in [0.5, 0.6) is 5.75 Å². The fourth-order valence-corrected chi connectivity index (χ4v) is 2.51. The molecule has 114 valence electrons. The molecule has 1 saturated heterocycles. The molecule has 1 atom stereocenters. The Kier molecular flexibility index (Phi) is 5.07. The third-order valence-electron chi connectivity index (χ3n) is 3.46. The molecule has 1 aromatic rings. The van der Waals surface area contributed by atoms with Gasteiger partial charge < -0.3 is 15.4 Å². The van der Waals surface area contributed by atoms with E-state index in [9.17, 15) is 9.59 Å². The zero-order chi connectivity index (χ0) is 15.4. The second-order valence-corrected chi connectivity index (χ2v) is 5.43. The lowest BCUT2D eigenvalue weighted by molar-refractivity contribution is -0.125. The summed E-state index contributed by atoms with van der Waals surface area (Å²) in [6.07, 6.45) is 0.958. The van der Waals surface area contributed by atoms with Crippen molar-refractivity contribution < 1.29 is 14.3 Å². The van der Waals surface area contributed by atoms with Crippen LogP contribution in [0.3, 0.4) is 0 Å². The Bertz CT molecular complexity index is 560. The van der Waals surface area contributed by atoms with Crippen LogP contribution in [0.1, 0.15) is 30.9 Å². The lowest BCUT2D eigenvalue weighted by atomic mass is 10.1. The molecule has 0 aliphatic carbocycles. The molecule has 1 aromatic carbocycles. The van der Waals surface area contributed by atoms with Crippen LogP contribution in [0, 0.1) is 6.92 Å². The Labute approximate surface area is 129 Å². The molecular weight excluding hydrogens is 292 g/mol. The largest absolute Gasteiger partial charge is 0.492 e. The highest BCUT2D eigenvalue weighted by Crippen LogP contribution is 2.28. The zero-order valence-corrected chi connectivity index (χ0v) is 12.9. The number of hydrogen-bond acceptors (Lipinski definition) is 3. The maximum Gasteiger partial charge on any atom is 0.242 e. The van der Waals surface area contributed by atoms with Crippen LogP contribution in [0.2, 0.25) is 5.02 Å². The summed E-state index contributed by atoms with van der Waals surface area (Å²) in [5, 5.41) is 6.00. The summed E-state index contributed by atoms with van der Waals surface area (Å²) in [7, 11) is 0. The lowest BCUT2D eigenvalue weighted by Crippen LogP contribution is -2.41. The van der Waals surface area contributed by atoms with Crippen LogP contribution in [-0.2, 0) is 16.1 Å². The number of carbonyl (C=O) groups is 2. The smallest absolute Gasteiger partial charge is 0.242 e. The zero-order valence-electron chi connectivity index (χ0n) is 12.2. The Morgan fingerprint density at radius 2 is 2.29 bits per heavy atom. The Morgan fingerprint density at radius 3 is 2.90 bits per heavy atom. The number of halogens is 1. The fraction of sp³-hybridized carbons (Fsp3) is 0.467.